The van der Waals surface area contributed by atoms with Crippen LogP contribution in [-0.4, -0.2) is 31.6 Å². The fourth-order valence-corrected chi connectivity index (χ4v) is 2.28. The molecule has 0 saturated carbocycles. The van der Waals surface area contributed by atoms with Crippen LogP contribution in [0.25, 0.3) is 11.4 Å². The summed E-state index contributed by atoms with van der Waals surface area (Å²) in [5.41, 5.74) is 0.0336. The maximum Gasteiger partial charge on any atom is 0.313 e. The Morgan fingerprint density at radius 3 is 2.75 bits per heavy atom. The number of aryl methyl sites for hydroxylation is 1. The number of aliphatic carboxylic acids is 1. The second kappa shape index (κ2) is 5.58. The second-order valence-electron chi connectivity index (χ2n) is 4.10. The molecule has 5 nitrogen and oxygen atoms in total. The highest BCUT2D eigenvalue weighted by Crippen LogP contribution is 2.28. The highest BCUT2D eigenvalue weighted by atomic mass is 32.2. The highest BCUT2D eigenvalue weighted by Gasteiger charge is 2.20. The number of benzene rings is 1. The van der Waals surface area contributed by atoms with Gasteiger partial charge in [-0.05, 0) is 18.6 Å². The van der Waals surface area contributed by atoms with Gasteiger partial charge >= 0.3 is 5.97 Å². The summed E-state index contributed by atoms with van der Waals surface area (Å²) in [5, 5.41) is 16.4. The summed E-state index contributed by atoms with van der Waals surface area (Å²) in [5.74, 6) is -2.62. The van der Waals surface area contributed by atoms with Gasteiger partial charge in [-0.3, -0.25) is 4.79 Å². The lowest BCUT2D eigenvalue weighted by Crippen LogP contribution is -2.02. The van der Waals surface area contributed by atoms with Crippen LogP contribution in [0.1, 0.15) is 5.56 Å². The molecule has 8 heteroatoms. The van der Waals surface area contributed by atoms with Crippen molar-refractivity contribution in [3.8, 4) is 11.4 Å². The SMILES string of the molecule is Cc1ccc(F)c(-c2nnc(SCC(=O)O)n2C)c1F. The molecule has 0 saturated heterocycles. The van der Waals surface area contributed by atoms with E-state index in [0.717, 1.165) is 17.8 Å². The predicted molar refractivity (Wildman–Crippen MR) is 69.5 cm³/mol. The molecule has 0 amide bonds. The van der Waals surface area contributed by atoms with Crippen LogP contribution in [-0.2, 0) is 11.8 Å². The van der Waals surface area contributed by atoms with Crippen molar-refractivity contribution in [2.45, 2.75) is 12.1 Å². The summed E-state index contributed by atoms with van der Waals surface area (Å²) in [4.78, 5) is 10.5. The van der Waals surface area contributed by atoms with Crippen LogP contribution >= 0.6 is 11.8 Å². The van der Waals surface area contributed by atoms with Gasteiger partial charge in [0.2, 0.25) is 0 Å². The zero-order valence-electron chi connectivity index (χ0n) is 10.7. The standard InChI is InChI=1S/C12H11F2N3O2S/c1-6-3-4-7(13)9(10(6)14)11-15-16-12(17(11)2)20-5-8(18)19/h3-4H,5H2,1-2H3,(H,18,19). The summed E-state index contributed by atoms with van der Waals surface area (Å²) in [6.45, 7) is 1.52. The van der Waals surface area contributed by atoms with Crippen molar-refractivity contribution in [1.29, 1.82) is 0 Å². The molecular weight excluding hydrogens is 288 g/mol. The average Bonchev–Trinajstić information content (AvgIpc) is 2.74. The number of carboxylic acid groups (broad SMARTS) is 1. The van der Waals surface area contributed by atoms with Crippen molar-refractivity contribution in [2.75, 3.05) is 5.75 Å². The molecule has 2 aromatic rings. The lowest BCUT2D eigenvalue weighted by atomic mass is 10.1. The van der Waals surface area contributed by atoms with E-state index in [2.05, 4.69) is 10.2 Å². The van der Waals surface area contributed by atoms with E-state index in [0.29, 0.717) is 5.56 Å². The van der Waals surface area contributed by atoms with Gasteiger partial charge in [-0.15, -0.1) is 10.2 Å². The first kappa shape index (κ1) is 14.4. The number of carboxylic acids is 1. The zero-order chi connectivity index (χ0) is 14.9. The molecule has 0 fully saturated rings. The first-order valence-electron chi connectivity index (χ1n) is 5.60. The first-order valence-corrected chi connectivity index (χ1v) is 6.59. The normalized spacial score (nSPS) is 10.8. The van der Waals surface area contributed by atoms with E-state index in [1.54, 1.807) is 0 Å². The Balaban J connectivity index is 2.45. The highest BCUT2D eigenvalue weighted by molar-refractivity contribution is 7.99. The predicted octanol–water partition coefficient (Wildman–Crippen LogP) is 2.25. The molecule has 2 rings (SSSR count). The maximum absolute atomic E-state index is 14.0. The third-order valence-electron chi connectivity index (χ3n) is 2.67. The number of rotatable bonds is 4. The summed E-state index contributed by atoms with van der Waals surface area (Å²) in [6, 6.07) is 2.50. The summed E-state index contributed by atoms with van der Waals surface area (Å²) < 4.78 is 29.2. The van der Waals surface area contributed by atoms with Crippen molar-refractivity contribution in [3.63, 3.8) is 0 Å². The number of hydrogen-bond donors (Lipinski definition) is 1. The number of nitrogens with zero attached hydrogens (tertiary/aromatic N) is 3. The topological polar surface area (TPSA) is 68.0 Å². The molecule has 0 atom stereocenters. The minimum Gasteiger partial charge on any atom is -0.481 e. The Hall–Kier alpha value is -1.96. The molecule has 1 heterocycles. The summed E-state index contributed by atoms with van der Waals surface area (Å²) in [7, 11) is 1.53. The van der Waals surface area contributed by atoms with E-state index in [-0.39, 0.29) is 22.3 Å². The van der Waals surface area contributed by atoms with Crippen LogP contribution in [0.5, 0.6) is 0 Å². The van der Waals surface area contributed by atoms with Crippen molar-refractivity contribution >= 4 is 17.7 Å². The van der Waals surface area contributed by atoms with Crippen molar-refractivity contribution < 1.29 is 18.7 Å². The Labute approximate surface area is 117 Å². The van der Waals surface area contributed by atoms with Crippen LogP contribution in [0.15, 0.2) is 17.3 Å². The molecule has 1 aromatic carbocycles. The van der Waals surface area contributed by atoms with Crippen LogP contribution in [0.4, 0.5) is 8.78 Å². The molecule has 0 aliphatic heterocycles. The molecule has 0 bridgehead atoms. The number of aromatic nitrogens is 3. The fourth-order valence-electron chi connectivity index (χ4n) is 1.65. The second-order valence-corrected chi connectivity index (χ2v) is 5.04. The summed E-state index contributed by atoms with van der Waals surface area (Å²) in [6.07, 6.45) is 0. The van der Waals surface area contributed by atoms with E-state index in [9.17, 15) is 13.6 Å². The molecule has 1 N–H and O–H groups in total. The smallest absolute Gasteiger partial charge is 0.313 e. The van der Waals surface area contributed by atoms with E-state index >= 15 is 0 Å². The maximum atomic E-state index is 14.0. The number of halogens is 2. The first-order chi connectivity index (χ1) is 9.41. The van der Waals surface area contributed by atoms with Crippen LogP contribution < -0.4 is 0 Å². The number of carbonyl (C=O) groups is 1. The lowest BCUT2D eigenvalue weighted by Gasteiger charge is -2.07. The largest absolute Gasteiger partial charge is 0.481 e. The van der Waals surface area contributed by atoms with Crippen molar-refractivity contribution in [3.05, 3.63) is 29.3 Å². The number of thioether (sulfide) groups is 1. The molecule has 1 aromatic heterocycles. The molecular formula is C12H11F2N3O2S. The van der Waals surface area contributed by atoms with E-state index in [1.165, 1.54) is 24.6 Å². The van der Waals surface area contributed by atoms with Crippen LogP contribution in [0.3, 0.4) is 0 Å². The monoisotopic (exact) mass is 299 g/mol. The van der Waals surface area contributed by atoms with Crippen molar-refractivity contribution in [1.82, 2.24) is 14.8 Å². The molecule has 0 spiro atoms. The van der Waals surface area contributed by atoms with Gasteiger partial charge in [-0.2, -0.15) is 0 Å². The molecule has 0 aliphatic carbocycles. The third kappa shape index (κ3) is 2.64. The van der Waals surface area contributed by atoms with Gasteiger partial charge in [0.25, 0.3) is 0 Å². The average molecular weight is 299 g/mol. The Morgan fingerprint density at radius 1 is 1.40 bits per heavy atom. The van der Waals surface area contributed by atoms with Crippen LogP contribution in [0, 0.1) is 18.6 Å². The molecule has 106 valence electrons. The van der Waals surface area contributed by atoms with Gasteiger partial charge in [0, 0.05) is 7.05 Å². The van der Waals surface area contributed by atoms with Gasteiger partial charge in [0.15, 0.2) is 11.0 Å². The van der Waals surface area contributed by atoms with Gasteiger partial charge < -0.3 is 9.67 Å². The Kier molecular flexibility index (Phi) is 4.03. The van der Waals surface area contributed by atoms with Gasteiger partial charge in [0.05, 0.1) is 11.3 Å². The van der Waals surface area contributed by atoms with Gasteiger partial charge in [-0.1, -0.05) is 17.8 Å². The zero-order valence-corrected chi connectivity index (χ0v) is 11.5. The van der Waals surface area contributed by atoms with E-state index in [4.69, 9.17) is 5.11 Å². The number of hydrogen-bond acceptors (Lipinski definition) is 4. The quantitative estimate of drug-likeness (QED) is 0.877. The van der Waals surface area contributed by atoms with Gasteiger partial charge in [-0.25, -0.2) is 8.78 Å². The third-order valence-corrected chi connectivity index (χ3v) is 3.67. The molecule has 20 heavy (non-hydrogen) atoms. The van der Waals surface area contributed by atoms with E-state index < -0.39 is 17.6 Å². The Bertz CT molecular complexity index is 673. The van der Waals surface area contributed by atoms with Crippen LogP contribution in [0.2, 0.25) is 0 Å². The molecule has 0 aliphatic rings. The lowest BCUT2D eigenvalue weighted by molar-refractivity contribution is -0.133. The Morgan fingerprint density at radius 2 is 2.10 bits per heavy atom. The molecule has 0 radical (unpaired) electrons. The minimum absolute atomic E-state index is 0.0246. The molecule has 0 unspecified atom stereocenters. The van der Waals surface area contributed by atoms with Crippen molar-refractivity contribution in [2.24, 2.45) is 7.05 Å². The minimum atomic E-state index is -1.01. The fraction of sp³-hybridized carbons (Fsp3) is 0.250. The van der Waals surface area contributed by atoms with Gasteiger partial charge in [0.1, 0.15) is 11.6 Å². The summed E-state index contributed by atoms with van der Waals surface area (Å²) >= 11 is 0.931. The van der Waals surface area contributed by atoms with E-state index in [1.807, 2.05) is 0 Å².